The molecular weight excluding hydrogens is 538 g/mol. The van der Waals surface area contributed by atoms with Gasteiger partial charge in [-0.2, -0.15) is 0 Å². The largest absolute Gasteiger partial charge is 0.586 e. The molecule has 2 amide bonds. The lowest BCUT2D eigenvalue weighted by molar-refractivity contribution is -0.286. The molecule has 0 aromatic heterocycles. The van der Waals surface area contributed by atoms with Crippen LogP contribution in [-0.2, 0) is 21.4 Å². The van der Waals surface area contributed by atoms with Crippen LogP contribution in [0.4, 0.5) is 8.78 Å². The highest BCUT2D eigenvalue weighted by Gasteiger charge is 2.53. The van der Waals surface area contributed by atoms with Crippen molar-refractivity contribution in [3.63, 3.8) is 0 Å². The summed E-state index contributed by atoms with van der Waals surface area (Å²) in [6, 6.07) is 15.9. The molecule has 2 heterocycles. The number of nitrogens with one attached hydrogen (secondary N) is 2. The van der Waals surface area contributed by atoms with Crippen LogP contribution in [0.5, 0.6) is 28.7 Å². The number of methoxy groups -OCH3 is 1. The zero-order chi connectivity index (χ0) is 28.8. The molecule has 0 spiro atoms. The summed E-state index contributed by atoms with van der Waals surface area (Å²) in [6.07, 6.45) is -2.86. The number of ether oxygens (including phenoxy) is 4. The van der Waals surface area contributed by atoms with Crippen molar-refractivity contribution in [2.75, 3.05) is 13.7 Å². The topological polar surface area (TPSA) is 115 Å². The number of aromatic hydroxyl groups is 1. The number of phenolic OH excluding ortho intramolecular Hbond substituents is 1. The number of rotatable bonds is 8. The van der Waals surface area contributed by atoms with Crippen LogP contribution >= 0.6 is 0 Å². The highest BCUT2D eigenvalue weighted by Crippen LogP contribution is 2.52. The van der Waals surface area contributed by atoms with Crippen LogP contribution in [0.2, 0.25) is 0 Å². The number of benzene rings is 3. The van der Waals surface area contributed by atoms with E-state index in [4.69, 9.17) is 9.47 Å². The Bertz CT molecular complexity index is 1510. The molecule has 2 aliphatic heterocycles. The average molecular weight is 567 g/mol. The minimum absolute atomic E-state index is 0.0832. The summed E-state index contributed by atoms with van der Waals surface area (Å²) in [5.41, 5.74) is 1.22. The van der Waals surface area contributed by atoms with Gasteiger partial charge in [0.2, 0.25) is 5.91 Å². The Morgan fingerprint density at radius 3 is 2.59 bits per heavy atom. The van der Waals surface area contributed by atoms with Gasteiger partial charge in [-0.15, -0.1) is 8.78 Å². The third-order valence-electron chi connectivity index (χ3n) is 7.67. The monoisotopic (exact) mass is 566 g/mol. The van der Waals surface area contributed by atoms with Gasteiger partial charge in [0.15, 0.2) is 17.6 Å². The first-order valence-corrected chi connectivity index (χ1v) is 13.3. The predicted octanol–water partition coefficient (Wildman–Crippen LogP) is 4.12. The summed E-state index contributed by atoms with van der Waals surface area (Å²) < 4.78 is 47.5. The minimum atomic E-state index is -3.74. The number of hydrogen-bond donors (Lipinski definition) is 3. The van der Waals surface area contributed by atoms with Gasteiger partial charge in [0.05, 0.1) is 18.6 Å². The molecule has 9 nitrogen and oxygen atoms in total. The summed E-state index contributed by atoms with van der Waals surface area (Å²) in [5.74, 6) is 0.299. The Morgan fingerprint density at radius 2 is 1.83 bits per heavy atom. The van der Waals surface area contributed by atoms with Crippen molar-refractivity contribution in [1.82, 2.24) is 10.6 Å². The first-order valence-electron chi connectivity index (χ1n) is 13.3. The van der Waals surface area contributed by atoms with Gasteiger partial charge >= 0.3 is 6.29 Å². The number of phenols is 1. The Morgan fingerprint density at radius 1 is 1.02 bits per heavy atom. The molecule has 0 unspecified atom stereocenters. The molecule has 0 radical (unpaired) electrons. The fourth-order valence-corrected chi connectivity index (χ4v) is 5.34. The standard InChI is InChI=1S/C30H28F2N2O7/c1-38-20-6-7-21-22(16-26(39-24(21)15-20)27(36)33-12-9-17-3-2-4-19(35)13-17)34-28(37)29(10-11-29)18-5-8-23-25(14-18)41-30(31,32)40-23/h2-8,13-15,22,26,35H,9-12,16H2,1H3,(H,33,36)(H,34,37)/t22-,26+/m0/s1. The molecule has 3 aromatic carbocycles. The number of fused-ring (bicyclic) bond motifs is 2. The zero-order valence-corrected chi connectivity index (χ0v) is 22.1. The molecule has 214 valence electrons. The highest BCUT2D eigenvalue weighted by molar-refractivity contribution is 5.92. The van der Waals surface area contributed by atoms with E-state index in [1.165, 1.54) is 19.2 Å². The Balaban J connectivity index is 1.18. The predicted molar refractivity (Wildman–Crippen MR) is 141 cm³/mol. The Labute approximate surface area is 234 Å². The van der Waals surface area contributed by atoms with Crippen molar-refractivity contribution in [2.45, 2.75) is 49.5 Å². The number of hydrogen-bond acceptors (Lipinski definition) is 7. The maximum Gasteiger partial charge on any atom is 0.586 e. The molecular formula is C30H28F2N2O7. The van der Waals surface area contributed by atoms with Crippen LogP contribution in [0.15, 0.2) is 60.7 Å². The molecule has 11 heteroatoms. The van der Waals surface area contributed by atoms with Crippen LogP contribution in [0.25, 0.3) is 0 Å². The van der Waals surface area contributed by atoms with Crippen LogP contribution in [0.3, 0.4) is 0 Å². The van der Waals surface area contributed by atoms with Crippen molar-refractivity contribution in [2.24, 2.45) is 0 Å². The van der Waals surface area contributed by atoms with Crippen LogP contribution < -0.4 is 29.6 Å². The smallest absolute Gasteiger partial charge is 0.508 e. The van der Waals surface area contributed by atoms with Gasteiger partial charge in [-0.3, -0.25) is 9.59 Å². The fraction of sp³-hybridized carbons (Fsp3) is 0.333. The summed E-state index contributed by atoms with van der Waals surface area (Å²) in [5, 5.41) is 15.6. The lowest BCUT2D eigenvalue weighted by atomic mass is 9.91. The molecule has 1 aliphatic carbocycles. The lowest BCUT2D eigenvalue weighted by Crippen LogP contribution is -2.46. The second-order valence-electron chi connectivity index (χ2n) is 10.4. The maximum atomic E-state index is 13.7. The van der Waals surface area contributed by atoms with Gasteiger partial charge in [-0.25, -0.2) is 0 Å². The number of carbonyl (C=O) groups excluding carboxylic acids is 2. The quantitative estimate of drug-likeness (QED) is 0.376. The van der Waals surface area contributed by atoms with E-state index in [1.54, 1.807) is 42.5 Å². The molecule has 3 aliphatic rings. The first-order chi connectivity index (χ1) is 19.7. The average Bonchev–Trinajstić information content (AvgIpc) is 3.69. The van der Waals surface area contributed by atoms with E-state index in [9.17, 15) is 23.5 Å². The molecule has 41 heavy (non-hydrogen) atoms. The number of amides is 2. The second kappa shape index (κ2) is 10.1. The SMILES string of the molecule is COc1ccc2c(c1)O[C@@H](C(=O)NCCc1cccc(O)c1)C[C@@H]2NC(=O)C1(c2ccc3c(c2)OC(F)(F)O3)CC1. The minimum Gasteiger partial charge on any atom is -0.508 e. The van der Waals surface area contributed by atoms with Crippen LogP contribution in [0, 0.1) is 0 Å². The molecule has 3 N–H and O–H groups in total. The molecule has 1 fully saturated rings. The number of alkyl halides is 2. The lowest BCUT2D eigenvalue weighted by Gasteiger charge is -2.33. The highest BCUT2D eigenvalue weighted by atomic mass is 19.3. The van der Waals surface area contributed by atoms with Crippen molar-refractivity contribution in [3.8, 4) is 28.7 Å². The van der Waals surface area contributed by atoms with Gasteiger partial charge in [0.25, 0.3) is 5.91 Å². The van der Waals surface area contributed by atoms with Crippen molar-refractivity contribution < 1.29 is 42.4 Å². The molecule has 0 bridgehead atoms. The molecule has 6 rings (SSSR count). The summed E-state index contributed by atoms with van der Waals surface area (Å²) in [7, 11) is 1.52. The molecule has 0 saturated heterocycles. The first kappa shape index (κ1) is 26.7. The van der Waals surface area contributed by atoms with Crippen molar-refractivity contribution in [3.05, 3.63) is 77.4 Å². The molecule has 3 aromatic rings. The van der Waals surface area contributed by atoms with E-state index in [1.807, 2.05) is 6.07 Å². The van der Waals surface area contributed by atoms with Gasteiger partial charge in [0, 0.05) is 24.6 Å². The molecule has 1 saturated carbocycles. The van der Waals surface area contributed by atoms with Gasteiger partial charge < -0.3 is 34.7 Å². The van der Waals surface area contributed by atoms with Gasteiger partial charge in [0.1, 0.15) is 17.2 Å². The van der Waals surface area contributed by atoms with Crippen LogP contribution in [-0.4, -0.2) is 43.0 Å². The summed E-state index contributed by atoms with van der Waals surface area (Å²) >= 11 is 0. The van der Waals surface area contributed by atoms with Crippen molar-refractivity contribution >= 4 is 11.8 Å². The summed E-state index contributed by atoms with van der Waals surface area (Å²) in [6.45, 7) is 0.330. The zero-order valence-electron chi connectivity index (χ0n) is 22.1. The van der Waals surface area contributed by atoms with E-state index >= 15 is 0 Å². The normalized spacial score (nSPS) is 20.8. The number of halogens is 2. The fourth-order valence-electron chi connectivity index (χ4n) is 5.34. The third-order valence-corrected chi connectivity index (χ3v) is 7.67. The van der Waals surface area contributed by atoms with E-state index in [-0.39, 0.29) is 35.5 Å². The maximum absolute atomic E-state index is 13.7. The van der Waals surface area contributed by atoms with Gasteiger partial charge in [-0.05, 0) is 66.8 Å². The summed E-state index contributed by atoms with van der Waals surface area (Å²) in [4.78, 5) is 26.8. The van der Waals surface area contributed by atoms with Gasteiger partial charge in [-0.1, -0.05) is 18.2 Å². The second-order valence-corrected chi connectivity index (χ2v) is 10.4. The van der Waals surface area contributed by atoms with E-state index < -0.39 is 23.9 Å². The molecule has 2 atom stereocenters. The Hall–Kier alpha value is -4.54. The number of carbonyl (C=O) groups is 2. The van der Waals surface area contributed by atoms with E-state index in [0.717, 1.165) is 5.56 Å². The van der Waals surface area contributed by atoms with Crippen molar-refractivity contribution in [1.29, 1.82) is 0 Å². The van der Waals surface area contributed by atoms with E-state index in [0.29, 0.717) is 48.4 Å². The van der Waals surface area contributed by atoms with Crippen LogP contribution in [0.1, 0.15) is 42.0 Å². The third kappa shape index (κ3) is 5.31. The van der Waals surface area contributed by atoms with E-state index in [2.05, 4.69) is 20.1 Å². The Kier molecular flexibility index (Phi) is 6.59.